The van der Waals surface area contributed by atoms with Crippen LogP contribution in [0.25, 0.3) is 0 Å². The summed E-state index contributed by atoms with van der Waals surface area (Å²) in [6, 6.07) is 8.03. The second kappa shape index (κ2) is 9.11. The Kier molecular flexibility index (Phi) is 6.79. The molecule has 1 fully saturated rings. The van der Waals surface area contributed by atoms with Gasteiger partial charge < -0.3 is 4.74 Å². The van der Waals surface area contributed by atoms with E-state index in [-0.39, 0.29) is 33.7 Å². The zero-order valence-electron chi connectivity index (χ0n) is 14.4. The number of rotatable bonds is 9. The van der Waals surface area contributed by atoms with Crippen molar-refractivity contribution in [3.63, 3.8) is 0 Å². The van der Waals surface area contributed by atoms with Gasteiger partial charge in [-0.25, -0.2) is 10.3 Å². The summed E-state index contributed by atoms with van der Waals surface area (Å²) in [6.45, 7) is -3.27. The maximum absolute atomic E-state index is 13.3. The number of carbonyl (C=O) groups excluding carboxylic acids is 1. The number of nitrogens with one attached hydrogen (secondary N) is 1. The van der Waals surface area contributed by atoms with Crippen molar-refractivity contribution in [3.8, 4) is 0 Å². The molecule has 2 aromatic rings. The van der Waals surface area contributed by atoms with Crippen molar-refractivity contribution < 1.29 is 27.9 Å². The lowest BCUT2D eigenvalue weighted by Gasteiger charge is -2.33. The van der Waals surface area contributed by atoms with Gasteiger partial charge in [0.05, 0.1) is 22.2 Å². The molecular weight excluding hydrogens is 417 g/mol. The lowest BCUT2D eigenvalue weighted by molar-refractivity contribution is -0.446. The first-order chi connectivity index (χ1) is 13.4. The topological polar surface area (TPSA) is 69.7 Å². The number of benzene rings is 1. The molecule has 1 aromatic carbocycles. The average molecular weight is 433 g/mol. The van der Waals surface area contributed by atoms with E-state index >= 15 is 0 Å². The highest BCUT2D eigenvalue weighted by atomic mass is 35.5. The Morgan fingerprint density at radius 2 is 1.86 bits per heavy atom. The van der Waals surface area contributed by atoms with Gasteiger partial charge in [-0.2, -0.15) is 8.78 Å². The van der Waals surface area contributed by atoms with Crippen molar-refractivity contribution in [2.45, 2.75) is 25.4 Å². The van der Waals surface area contributed by atoms with Crippen LogP contribution in [0.4, 0.5) is 8.78 Å². The van der Waals surface area contributed by atoms with Crippen molar-refractivity contribution in [2.75, 3.05) is 6.61 Å². The van der Waals surface area contributed by atoms with Crippen LogP contribution in [0.15, 0.2) is 42.7 Å². The fraction of sp³-hybridized carbons (Fsp3) is 0.333. The fourth-order valence-corrected chi connectivity index (χ4v) is 2.96. The first kappa shape index (κ1) is 20.9. The smallest absolute Gasteiger partial charge is 0.322 e. The summed E-state index contributed by atoms with van der Waals surface area (Å²) in [5.41, 5.74) is 2.10. The third kappa shape index (κ3) is 5.15. The molecule has 10 heteroatoms. The number of alkyl halides is 2. The highest BCUT2D eigenvalue weighted by Gasteiger charge is 2.46. The van der Waals surface area contributed by atoms with Gasteiger partial charge in [0.15, 0.2) is 0 Å². The summed E-state index contributed by atoms with van der Waals surface area (Å²) in [5, 5.41) is -0.254. The van der Waals surface area contributed by atoms with Gasteiger partial charge in [0.1, 0.15) is 0 Å². The molecule has 150 valence electrons. The number of ether oxygens (including phenoxy) is 2. The second-order valence-electron chi connectivity index (χ2n) is 6.07. The Balaban J connectivity index is 1.92. The number of hydroxylamine groups is 1. The summed E-state index contributed by atoms with van der Waals surface area (Å²) in [6.07, 6.45) is 4.10. The average Bonchev–Trinajstić information content (AvgIpc) is 3.49. The third-order valence-electron chi connectivity index (χ3n) is 3.92. The Bertz CT molecular complexity index is 804. The highest BCUT2D eigenvalue weighted by molar-refractivity contribution is 6.35. The molecule has 1 aliphatic rings. The number of nitrogens with zero attached hydrogens (tertiary/aromatic N) is 1. The number of pyridine rings is 1. The van der Waals surface area contributed by atoms with E-state index in [4.69, 9.17) is 32.8 Å². The van der Waals surface area contributed by atoms with Crippen molar-refractivity contribution in [3.05, 3.63) is 63.9 Å². The molecule has 1 atom stereocenters. The first-order valence-corrected chi connectivity index (χ1v) is 9.09. The minimum Gasteiger partial charge on any atom is -0.322 e. The van der Waals surface area contributed by atoms with Crippen molar-refractivity contribution in [1.82, 2.24) is 10.5 Å². The van der Waals surface area contributed by atoms with Crippen LogP contribution < -0.4 is 5.48 Å². The number of hydrogen-bond acceptors (Lipinski definition) is 5. The lowest BCUT2D eigenvalue weighted by Crippen LogP contribution is -2.45. The Morgan fingerprint density at radius 3 is 2.43 bits per heavy atom. The first-order valence-electron chi connectivity index (χ1n) is 8.34. The fourth-order valence-electron chi connectivity index (χ4n) is 2.36. The van der Waals surface area contributed by atoms with E-state index in [1.54, 1.807) is 18.2 Å². The maximum Gasteiger partial charge on any atom is 0.349 e. The molecule has 1 aromatic heterocycles. The molecule has 0 saturated heterocycles. The second-order valence-corrected chi connectivity index (χ2v) is 6.88. The third-order valence-corrected chi connectivity index (χ3v) is 4.50. The summed E-state index contributed by atoms with van der Waals surface area (Å²) in [7, 11) is 0. The Hall–Kier alpha value is -1.84. The molecule has 0 spiro atoms. The van der Waals surface area contributed by atoms with Crippen LogP contribution in [0.2, 0.25) is 10.0 Å². The molecule has 6 nitrogen and oxygen atoms in total. The van der Waals surface area contributed by atoms with Crippen molar-refractivity contribution in [2.24, 2.45) is 5.92 Å². The molecular formula is C18H16Cl2F2N2O4. The number of amides is 1. The molecule has 1 unspecified atom stereocenters. The zero-order valence-corrected chi connectivity index (χ0v) is 15.9. The van der Waals surface area contributed by atoms with Gasteiger partial charge in [-0.3, -0.25) is 14.5 Å². The van der Waals surface area contributed by atoms with E-state index in [0.29, 0.717) is 0 Å². The predicted octanol–water partition coefficient (Wildman–Crippen LogP) is 4.53. The minimum absolute atomic E-state index is 0.0446. The molecule has 0 radical (unpaired) electrons. The molecule has 1 aliphatic carbocycles. The SMILES string of the molecule is O=C(NOC(OCC1CC1)(OC(F)F)c1c(Cl)cncc1Cl)c1ccccc1. The molecule has 28 heavy (non-hydrogen) atoms. The van der Waals surface area contributed by atoms with Crippen LogP contribution in [-0.2, 0) is 20.3 Å². The van der Waals surface area contributed by atoms with Crippen LogP contribution in [0.1, 0.15) is 28.8 Å². The van der Waals surface area contributed by atoms with Gasteiger partial charge in [0.2, 0.25) is 0 Å². The molecule has 1 heterocycles. The van der Waals surface area contributed by atoms with E-state index in [0.717, 1.165) is 12.8 Å². The van der Waals surface area contributed by atoms with Crippen LogP contribution in [0, 0.1) is 5.92 Å². The summed E-state index contributed by atoms with van der Waals surface area (Å²) in [4.78, 5) is 21.4. The zero-order chi connectivity index (χ0) is 20.1. The van der Waals surface area contributed by atoms with Crippen molar-refractivity contribution in [1.29, 1.82) is 0 Å². The monoisotopic (exact) mass is 432 g/mol. The molecule has 0 aliphatic heterocycles. The van der Waals surface area contributed by atoms with Crippen LogP contribution in [-0.4, -0.2) is 24.1 Å². The van der Waals surface area contributed by atoms with Crippen LogP contribution in [0.5, 0.6) is 0 Å². The minimum atomic E-state index is -3.31. The number of hydrogen-bond donors (Lipinski definition) is 1. The quantitative estimate of drug-likeness (QED) is 0.465. The largest absolute Gasteiger partial charge is 0.349 e. The number of aromatic nitrogens is 1. The molecule has 1 saturated carbocycles. The van der Waals surface area contributed by atoms with Gasteiger partial charge in [0, 0.05) is 18.0 Å². The molecule has 3 rings (SSSR count). The van der Waals surface area contributed by atoms with E-state index in [1.807, 2.05) is 0 Å². The molecule has 0 bridgehead atoms. The van der Waals surface area contributed by atoms with E-state index in [1.165, 1.54) is 24.5 Å². The standard InChI is InChI=1S/C18H16Cl2F2N2O4/c19-13-8-23-9-14(20)15(13)18(27-17(21)22,26-10-11-6-7-11)28-24-16(25)12-4-2-1-3-5-12/h1-5,8-9,11,17H,6-7,10H2,(H,24,25). The van der Waals surface area contributed by atoms with Gasteiger partial charge in [-0.05, 0) is 30.9 Å². The Labute approximate surface area is 169 Å². The Morgan fingerprint density at radius 1 is 1.21 bits per heavy atom. The summed E-state index contributed by atoms with van der Waals surface area (Å²) in [5.74, 6) is -3.09. The number of carbonyl (C=O) groups is 1. The summed E-state index contributed by atoms with van der Waals surface area (Å²) >= 11 is 12.2. The van der Waals surface area contributed by atoms with Gasteiger partial charge in [-0.1, -0.05) is 41.4 Å². The maximum atomic E-state index is 13.3. The van der Waals surface area contributed by atoms with Gasteiger partial charge >= 0.3 is 12.6 Å². The number of halogens is 4. The van der Waals surface area contributed by atoms with Crippen molar-refractivity contribution >= 4 is 29.1 Å². The van der Waals surface area contributed by atoms with E-state index in [9.17, 15) is 13.6 Å². The van der Waals surface area contributed by atoms with Gasteiger partial charge in [0.25, 0.3) is 5.91 Å². The summed E-state index contributed by atoms with van der Waals surface area (Å²) < 4.78 is 36.8. The lowest BCUT2D eigenvalue weighted by atomic mass is 10.2. The normalized spacial score (nSPS) is 16.0. The van der Waals surface area contributed by atoms with E-state index < -0.39 is 18.5 Å². The highest BCUT2D eigenvalue weighted by Crippen LogP contribution is 2.41. The molecule has 1 N–H and O–H groups in total. The van der Waals surface area contributed by atoms with Crippen LogP contribution >= 0.6 is 23.2 Å². The molecule has 1 amide bonds. The van der Waals surface area contributed by atoms with E-state index in [2.05, 4.69) is 15.2 Å². The van der Waals surface area contributed by atoms with Gasteiger partial charge in [-0.15, -0.1) is 0 Å². The predicted molar refractivity (Wildman–Crippen MR) is 96.7 cm³/mol. The van der Waals surface area contributed by atoms with Crippen LogP contribution in [0.3, 0.4) is 0 Å².